The van der Waals surface area contributed by atoms with E-state index in [1.54, 1.807) is 0 Å². The largest absolute Gasteiger partial charge is 0.382 e. The number of piperidine rings is 1. The molecule has 27 heavy (non-hydrogen) atoms. The van der Waals surface area contributed by atoms with Gasteiger partial charge in [0.05, 0.1) is 23.4 Å². The predicted octanol–water partition coefficient (Wildman–Crippen LogP) is 0.675. The van der Waals surface area contributed by atoms with Gasteiger partial charge in [-0.3, -0.25) is 29.4 Å². The van der Waals surface area contributed by atoms with Crippen molar-refractivity contribution >= 4 is 29.3 Å². The Morgan fingerprint density at radius 1 is 1.19 bits per heavy atom. The van der Waals surface area contributed by atoms with E-state index < -0.39 is 35.5 Å². The van der Waals surface area contributed by atoms with Gasteiger partial charge in [0.1, 0.15) is 11.9 Å². The van der Waals surface area contributed by atoms with Crippen LogP contribution in [0.1, 0.15) is 40.0 Å². The molecule has 4 rings (SSSR count). The summed E-state index contributed by atoms with van der Waals surface area (Å²) in [4.78, 5) is 49.9. The highest BCUT2D eigenvalue weighted by Gasteiger charge is 2.46. The van der Waals surface area contributed by atoms with Crippen LogP contribution in [0.2, 0.25) is 0 Å². The molecule has 4 amide bonds. The van der Waals surface area contributed by atoms with E-state index in [1.807, 2.05) is 0 Å². The zero-order chi connectivity index (χ0) is 19.1. The number of carbonyl (C=O) groups is 4. The SMILES string of the molecule is O=C1CCC(N2C(=O)c3ccc(F)c(NCC4CCOC4)c3C2=O)C(=O)N1. The molecule has 8 nitrogen and oxygen atoms in total. The lowest BCUT2D eigenvalue weighted by Crippen LogP contribution is -2.54. The normalized spacial score (nSPS) is 25.0. The summed E-state index contributed by atoms with van der Waals surface area (Å²) >= 11 is 0. The monoisotopic (exact) mass is 375 g/mol. The maximum Gasteiger partial charge on any atom is 0.264 e. The number of nitrogens with one attached hydrogen (secondary N) is 2. The van der Waals surface area contributed by atoms with Crippen LogP contribution in [0.4, 0.5) is 10.1 Å². The summed E-state index contributed by atoms with van der Waals surface area (Å²) in [6.07, 6.45) is 0.921. The predicted molar refractivity (Wildman–Crippen MR) is 90.5 cm³/mol. The lowest BCUT2D eigenvalue weighted by Gasteiger charge is -2.27. The van der Waals surface area contributed by atoms with Crippen molar-refractivity contribution in [3.8, 4) is 0 Å². The number of amides is 4. The Balaban J connectivity index is 1.63. The van der Waals surface area contributed by atoms with Crippen molar-refractivity contribution in [3.05, 3.63) is 29.1 Å². The van der Waals surface area contributed by atoms with Gasteiger partial charge in [-0.1, -0.05) is 0 Å². The van der Waals surface area contributed by atoms with Crippen LogP contribution < -0.4 is 10.6 Å². The second-order valence-electron chi connectivity index (χ2n) is 6.90. The average molecular weight is 375 g/mol. The van der Waals surface area contributed by atoms with Gasteiger partial charge < -0.3 is 10.1 Å². The smallest absolute Gasteiger partial charge is 0.264 e. The number of nitrogens with zero attached hydrogens (tertiary/aromatic N) is 1. The third kappa shape index (κ3) is 2.97. The summed E-state index contributed by atoms with van der Waals surface area (Å²) in [5.74, 6) is -2.97. The molecule has 2 saturated heterocycles. The number of rotatable bonds is 4. The zero-order valence-electron chi connectivity index (χ0n) is 14.4. The number of anilines is 1. The molecule has 0 bridgehead atoms. The summed E-state index contributed by atoms with van der Waals surface area (Å²) in [7, 11) is 0. The molecule has 3 aliphatic heterocycles. The number of fused-ring (bicyclic) bond motifs is 1. The molecule has 2 unspecified atom stereocenters. The van der Waals surface area contributed by atoms with E-state index in [1.165, 1.54) is 6.07 Å². The fourth-order valence-corrected chi connectivity index (χ4v) is 3.70. The van der Waals surface area contributed by atoms with Crippen molar-refractivity contribution < 1.29 is 28.3 Å². The van der Waals surface area contributed by atoms with E-state index in [9.17, 15) is 23.6 Å². The van der Waals surface area contributed by atoms with E-state index in [0.29, 0.717) is 19.8 Å². The Bertz CT molecular complexity index is 850. The van der Waals surface area contributed by atoms with Gasteiger partial charge in [-0.15, -0.1) is 0 Å². The summed E-state index contributed by atoms with van der Waals surface area (Å²) < 4.78 is 19.7. The molecular formula is C18H18FN3O5. The van der Waals surface area contributed by atoms with Crippen molar-refractivity contribution in [2.24, 2.45) is 5.92 Å². The molecule has 0 aliphatic carbocycles. The third-order valence-electron chi connectivity index (χ3n) is 5.15. The van der Waals surface area contributed by atoms with Gasteiger partial charge in [-0.25, -0.2) is 4.39 Å². The van der Waals surface area contributed by atoms with Crippen molar-refractivity contribution in [3.63, 3.8) is 0 Å². The molecular weight excluding hydrogens is 357 g/mol. The second kappa shape index (κ2) is 6.73. The van der Waals surface area contributed by atoms with Gasteiger partial charge in [0.25, 0.3) is 11.8 Å². The van der Waals surface area contributed by atoms with E-state index in [-0.39, 0.29) is 35.6 Å². The zero-order valence-corrected chi connectivity index (χ0v) is 14.4. The highest BCUT2D eigenvalue weighted by Crippen LogP contribution is 2.34. The van der Waals surface area contributed by atoms with Gasteiger partial charge >= 0.3 is 0 Å². The minimum atomic E-state index is -1.07. The Labute approximate surface area is 154 Å². The summed E-state index contributed by atoms with van der Waals surface area (Å²) in [5, 5.41) is 5.07. The highest BCUT2D eigenvalue weighted by molar-refractivity contribution is 6.25. The summed E-state index contributed by atoms with van der Waals surface area (Å²) in [5.41, 5.74) is -0.0487. The fraction of sp³-hybridized carbons (Fsp3) is 0.444. The van der Waals surface area contributed by atoms with Crippen LogP contribution in [0.3, 0.4) is 0 Å². The van der Waals surface area contributed by atoms with Crippen LogP contribution in [0.25, 0.3) is 0 Å². The van der Waals surface area contributed by atoms with Gasteiger partial charge in [0.15, 0.2) is 0 Å². The maximum atomic E-state index is 14.4. The molecule has 2 atom stereocenters. The van der Waals surface area contributed by atoms with Gasteiger partial charge in [-0.2, -0.15) is 0 Å². The number of benzene rings is 1. The first kappa shape index (κ1) is 17.6. The van der Waals surface area contributed by atoms with Crippen molar-refractivity contribution in [2.45, 2.75) is 25.3 Å². The molecule has 1 aromatic rings. The average Bonchev–Trinajstić information content (AvgIpc) is 3.23. The standard InChI is InChI=1S/C18H18FN3O5/c19-11-2-1-10-14(15(11)20-7-9-5-6-27-8-9)18(26)22(17(10)25)12-3-4-13(23)21-16(12)24/h1-2,9,12,20H,3-8H2,(H,21,23,24). The van der Waals surface area contributed by atoms with Gasteiger partial charge in [0.2, 0.25) is 11.8 Å². The van der Waals surface area contributed by atoms with Crippen LogP contribution in [-0.4, -0.2) is 54.3 Å². The number of imide groups is 2. The number of ether oxygens (including phenoxy) is 1. The van der Waals surface area contributed by atoms with E-state index in [0.717, 1.165) is 17.4 Å². The topological polar surface area (TPSA) is 105 Å². The summed E-state index contributed by atoms with van der Waals surface area (Å²) in [6.45, 7) is 1.61. The molecule has 2 N–H and O–H groups in total. The highest BCUT2D eigenvalue weighted by atomic mass is 19.1. The first-order valence-electron chi connectivity index (χ1n) is 8.83. The molecule has 3 aliphatic rings. The maximum absolute atomic E-state index is 14.4. The molecule has 2 fully saturated rings. The van der Waals surface area contributed by atoms with Crippen molar-refractivity contribution in [1.29, 1.82) is 0 Å². The molecule has 0 aromatic heterocycles. The molecule has 142 valence electrons. The fourth-order valence-electron chi connectivity index (χ4n) is 3.70. The van der Waals surface area contributed by atoms with E-state index >= 15 is 0 Å². The van der Waals surface area contributed by atoms with Crippen molar-refractivity contribution in [1.82, 2.24) is 10.2 Å². The molecule has 1 aromatic carbocycles. The van der Waals surface area contributed by atoms with Crippen LogP contribution >= 0.6 is 0 Å². The molecule has 0 saturated carbocycles. The van der Waals surface area contributed by atoms with Crippen LogP contribution in [0.15, 0.2) is 12.1 Å². The first-order valence-corrected chi connectivity index (χ1v) is 8.83. The minimum absolute atomic E-state index is 0.0327. The quantitative estimate of drug-likeness (QED) is 0.750. The first-order chi connectivity index (χ1) is 13.0. The van der Waals surface area contributed by atoms with E-state index in [2.05, 4.69) is 10.6 Å². The number of halogens is 1. The lowest BCUT2D eigenvalue weighted by molar-refractivity contribution is -0.136. The molecule has 9 heteroatoms. The number of hydrogen-bond acceptors (Lipinski definition) is 6. The van der Waals surface area contributed by atoms with Gasteiger partial charge in [-0.05, 0) is 25.0 Å². The number of hydrogen-bond donors (Lipinski definition) is 2. The lowest BCUT2D eigenvalue weighted by atomic mass is 10.0. The van der Waals surface area contributed by atoms with Crippen LogP contribution in [0.5, 0.6) is 0 Å². The molecule has 0 spiro atoms. The third-order valence-corrected chi connectivity index (χ3v) is 5.15. The van der Waals surface area contributed by atoms with Crippen molar-refractivity contribution in [2.75, 3.05) is 25.1 Å². The van der Waals surface area contributed by atoms with Crippen LogP contribution in [-0.2, 0) is 14.3 Å². The Morgan fingerprint density at radius 2 is 2.00 bits per heavy atom. The Hall–Kier alpha value is -2.81. The number of carbonyl (C=O) groups excluding carboxylic acids is 4. The minimum Gasteiger partial charge on any atom is -0.382 e. The summed E-state index contributed by atoms with van der Waals surface area (Å²) in [6, 6.07) is 1.31. The molecule has 3 heterocycles. The molecule has 0 radical (unpaired) electrons. The van der Waals surface area contributed by atoms with Crippen LogP contribution in [0, 0.1) is 11.7 Å². The van der Waals surface area contributed by atoms with Gasteiger partial charge in [0, 0.05) is 25.5 Å². The second-order valence-corrected chi connectivity index (χ2v) is 6.90. The Morgan fingerprint density at radius 3 is 2.70 bits per heavy atom. The van der Waals surface area contributed by atoms with E-state index in [4.69, 9.17) is 4.74 Å². The Kier molecular flexibility index (Phi) is 4.39.